The molecule has 0 aliphatic carbocycles. The summed E-state index contributed by atoms with van der Waals surface area (Å²) in [5.74, 6) is 6.19. The lowest BCUT2D eigenvalue weighted by atomic mass is 9.81. The van der Waals surface area contributed by atoms with E-state index in [4.69, 9.17) is 16.3 Å². The van der Waals surface area contributed by atoms with E-state index in [9.17, 15) is 4.39 Å². The number of nitrogens with two attached hydrogens (primary N) is 1. The number of fused-ring (bicyclic) bond motifs is 1. The van der Waals surface area contributed by atoms with Gasteiger partial charge in [0.2, 0.25) is 0 Å². The van der Waals surface area contributed by atoms with Crippen LogP contribution < -0.4 is 10.6 Å². The number of hydrogen-bond donors (Lipinski definition) is 1. The first-order valence-corrected chi connectivity index (χ1v) is 8.79. The maximum atomic E-state index is 13.4. The number of amidine groups is 1. The van der Waals surface area contributed by atoms with Gasteiger partial charge >= 0.3 is 0 Å². The van der Waals surface area contributed by atoms with Gasteiger partial charge in [-0.25, -0.2) is 4.39 Å². The van der Waals surface area contributed by atoms with Gasteiger partial charge in [-0.1, -0.05) is 30.1 Å². The van der Waals surface area contributed by atoms with Gasteiger partial charge < -0.3 is 21.4 Å². The fourth-order valence-corrected chi connectivity index (χ4v) is 4.31. The Kier molecular flexibility index (Phi) is 4.28. The first-order valence-electron chi connectivity index (χ1n) is 8.79. The smallest absolute Gasteiger partial charge is 0.123 e. The molecule has 5 nitrogen and oxygen atoms in total. The normalized spacial score (nSPS) is 25.9. The molecule has 26 heavy (non-hydrogen) atoms. The van der Waals surface area contributed by atoms with Crippen LogP contribution in [0.15, 0.2) is 47.6 Å². The summed E-state index contributed by atoms with van der Waals surface area (Å²) in [4.78, 5) is 2.19. The molecule has 1 fully saturated rings. The van der Waals surface area contributed by atoms with E-state index in [2.05, 4.69) is 28.2 Å². The summed E-state index contributed by atoms with van der Waals surface area (Å²) >= 11 is 0. The number of hydrogen-bond acceptors (Lipinski definition) is 4. The summed E-state index contributed by atoms with van der Waals surface area (Å²) in [7, 11) is 2.02. The summed E-state index contributed by atoms with van der Waals surface area (Å²) in [5.41, 5.74) is 11.7. The van der Waals surface area contributed by atoms with E-state index in [1.54, 1.807) is 12.1 Å². The monoisotopic (exact) mass is 353 g/mol. The summed E-state index contributed by atoms with van der Waals surface area (Å²) < 4.78 is 19.1. The molecule has 6 heteroatoms. The van der Waals surface area contributed by atoms with E-state index in [0.717, 1.165) is 36.4 Å². The highest BCUT2D eigenvalue weighted by Crippen LogP contribution is 2.46. The highest BCUT2D eigenvalue weighted by molar-refractivity contribution is 5.93. The number of likely N-dealkylation sites (N-methyl/N-ethyl adjacent to an activating group) is 1. The van der Waals surface area contributed by atoms with Gasteiger partial charge in [-0.3, -0.25) is 4.90 Å². The number of nitrogens with zero attached hydrogens (tertiary/aromatic N) is 2. The Labute approximate surface area is 152 Å². The molecule has 4 rings (SSSR count). The molecule has 2 heterocycles. The van der Waals surface area contributed by atoms with Crippen LogP contribution in [-0.4, -0.2) is 30.9 Å². The fraction of sp³-hybridized carbons (Fsp3) is 0.350. The molecule has 0 radical (unpaired) electrons. The van der Waals surface area contributed by atoms with E-state index in [1.807, 2.05) is 7.05 Å². The van der Waals surface area contributed by atoms with Gasteiger partial charge in [0.25, 0.3) is 0 Å². The fourth-order valence-electron chi connectivity index (χ4n) is 4.31. The van der Waals surface area contributed by atoms with Gasteiger partial charge in [-0.15, -0.1) is 0 Å². The van der Waals surface area contributed by atoms with Crippen molar-refractivity contribution in [2.45, 2.75) is 18.4 Å². The van der Waals surface area contributed by atoms with E-state index >= 15 is 0 Å². The third-order valence-electron chi connectivity index (χ3n) is 5.55. The standard InChI is InChI=1S/C20H22FN4O/c1-25-11-16(14-3-2-12-8-9-26-17(12)10-14)18(20(22)24-23)19(25)13-4-6-15(21)7-5-13/h2-7,10,16,18-19H,8-9,11,23H2,1H3,(H-,22,24)/q-1. The van der Waals surface area contributed by atoms with Crippen LogP contribution >= 0.6 is 0 Å². The van der Waals surface area contributed by atoms with Crippen molar-refractivity contribution in [3.05, 3.63) is 70.7 Å². The molecule has 1 saturated heterocycles. The first-order chi connectivity index (χ1) is 12.6. The molecule has 3 unspecified atom stereocenters. The number of benzene rings is 2. The van der Waals surface area contributed by atoms with Crippen molar-refractivity contribution in [2.24, 2.45) is 16.9 Å². The van der Waals surface area contributed by atoms with Crippen molar-refractivity contribution in [3.8, 4) is 5.75 Å². The molecule has 136 valence electrons. The van der Waals surface area contributed by atoms with Crippen molar-refractivity contribution >= 4 is 5.84 Å². The Hall–Kier alpha value is -2.60. The maximum absolute atomic E-state index is 13.4. The predicted octanol–water partition coefficient (Wildman–Crippen LogP) is 3.47. The van der Waals surface area contributed by atoms with Crippen LogP contribution in [0.4, 0.5) is 4.39 Å². The Balaban J connectivity index is 1.74. The molecule has 2 aliphatic rings. The second-order valence-electron chi connectivity index (χ2n) is 7.05. The lowest BCUT2D eigenvalue weighted by Gasteiger charge is -2.30. The van der Waals surface area contributed by atoms with Crippen LogP contribution in [0.2, 0.25) is 0 Å². The molecule has 2 aromatic rings. The number of hydrazone groups is 1. The second-order valence-corrected chi connectivity index (χ2v) is 7.05. The minimum absolute atomic E-state index is 0.0735. The van der Waals surface area contributed by atoms with Crippen LogP contribution in [0.1, 0.15) is 28.7 Å². The van der Waals surface area contributed by atoms with Gasteiger partial charge in [0.1, 0.15) is 11.6 Å². The van der Waals surface area contributed by atoms with Crippen molar-refractivity contribution < 1.29 is 9.13 Å². The van der Waals surface area contributed by atoms with Crippen molar-refractivity contribution in [2.75, 3.05) is 20.2 Å². The van der Waals surface area contributed by atoms with E-state index in [0.29, 0.717) is 0 Å². The summed E-state index contributed by atoms with van der Waals surface area (Å²) in [6.45, 7) is 1.49. The van der Waals surface area contributed by atoms with Crippen molar-refractivity contribution in [3.63, 3.8) is 0 Å². The van der Waals surface area contributed by atoms with Gasteiger partial charge in [-0.05, 0) is 41.9 Å². The van der Waals surface area contributed by atoms with Gasteiger partial charge in [0.15, 0.2) is 0 Å². The Morgan fingerprint density at radius 3 is 2.69 bits per heavy atom. The van der Waals surface area contributed by atoms with Gasteiger partial charge in [-0.2, -0.15) is 0 Å². The zero-order chi connectivity index (χ0) is 18.3. The molecule has 2 aromatic carbocycles. The van der Waals surface area contributed by atoms with Crippen LogP contribution in [-0.2, 0) is 6.42 Å². The number of likely N-dealkylation sites (tertiary alicyclic amines) is 1. The minimum atomic E-state index is -0.267. The Morgan fingerprint density at radius 2 is 1.96 bits per heavy atom. The number of nitrogens with one attached hydrogen (secondary N) is 1. The molecule has 3 atom stereocenters. The highest BCUT2D eigenvalue weighted by Gasteiger charge is 2.41. The summed E-state index contributed by atoms with van der Waals surface area (Å²) in [6, 6.07) is 12.7. The SMILES string of the molecule is CN1CC(c2ccc3c(c2)OCC3)C(/C([NH-])=N/N)C1c1ccc(F)cc1. The molecule has 2 aliphatic heterocycles. The van der Waals surface area contributed by atoms with Crippen molar-refractivity contribution in [1.29, 1.82) is 0 Å². The molecule has 0 aromatic heterocycles. The number of halogens is 1. The lowest BCUT2D eigenvalue weighted by molar-refractivity contribution is 0.301. The summed E-state index contributed by atoms with van der Waals surface area (Å²) in [6.07, 6.45) is 0.940. The summed E-state index contributed by atoms with van der Waals surface area (Å²) in [5, 5.41) is 3.70. The van der Waals surface area contributed by atoms with E-state index < -0.39 is 0 Å². The molecule has 3 N–H and O–H groups in total. The van der Waals surface area contributed by atoms with E-state index in [1.165, 1.54) is 17.7 Å². The van der Waals surface area contributed by atoms with Gasteiger partial charge in [0.05, 0.1) is 6.61 Å². The zero-order valence-electron chi connectivity index (χ0n) is 14.7. The van der Waals surface area contributed by atoms with Gasteiger partial charge in [0, 0.05) is 30.8 Å². The molecule has 0 spiro atoms. The van der Waals surface area contributed by atoms with E-state index in [-0.39, 0.29) is 29.5 Å². The largest absolute Gasteiger partial charge is 0.493 e. The molecular weight excluding hydrogens is 331 g/mol. The van der Waals surface area contributed by atoms with Crippen LogP contribution in [0, 0.1) is 11.7 Å². The molecular formula is C20H22FN4O-. The second kappa shape index (κ2) is 6.61. The van der Waals surface area contributed by atoms with Crippen LogP contribution in [0.5, 0.6) is 5.75 Å². The number of rotatable bonds is 3. The quantitative estimate of drug-likeness (QED) is 0.397. The zero-order valence-corrected chi connectivity index (χ0v) is 14.7. The van der Waals surface area contributed by atoms with Crippen LogP contribution in [0.3, 0.4) is 0 Å². The maximum Gasteiger partial charge on any atom is 0.123 e. The lowest BCUT2D eigenvalue weighted by Crippen LogP contribution is -2.25. The average Bonchev–Trinajstić information content (AvgIpc) is 3.25. The number of ether oxygens (including phenoxy) is 1. The minimum Gasteiger partial charge on any atom is -0.493 e. The molecule has 0 bridgehead atoms. The molecule has 0 saturated carbocycles. The third kappa shape index (κ3) is 2.80. The first kappa shape index (κ1) is 16.8. The Morgan fingerprint density at radius 1 is 1.23 bits per heavy atom. The van der Waals surface area contributed by atoms with Crippen LogP contribution in [0.25, 0.3) is 5.73 Å². The molecule has 0 amide bonds. The third-order valence-corrected chi connectivity index (χ3v) is 5.55. The Bertz CT molecular complexity index is 836. The predicted molar refractivity (Wildman–Crippen MR) is 99.6 cm³/mol. The topological polar surface area (TPSA) is 74.7 Å². The van der Waals surface area contributed by atoms with Crippen molar-refractivity contribution in [1.82, 2.24) is 4.90 Å². The average molecular weight is 353 g/mol. The highest BCUT2D eigenvalue weighted by atomic mass is 19.1.